The van der Waals surface area contributed by atoms with Gasteiger partial charge in [0.1, 0.15) is 5.69 Å². The zero-order valence-electron chi connectivity index (χ0n) is 16.9. The fourth-order valence-electron chi connectivity index (χ4n) is 4.07. The van der Waals surface area contributed by atoms with Crippen molar-refractivity contribution >= 4 is 22.5 Å². The second kappa shape index (κ2) is 7.67. The van der Waals surface area contributed by atoms with Crippen LogP contribution < -0.4 is 4.90 Å². The highest BCUT2D eigenvalue weighted by Crippen LogP contribution is 2.27. The Kier molecular flexibility index (Phi) is 4.71. The van der Waals surface area contributed by atoms with E-state index in [0.717, 1.165) is 24.0 Å². The van der Waals surface area contributed by atoms with Gasteiger partial charge in [-0.25, -0.2) is 4.98 Å². The van der Waals surface area contributed by atoms with Crippen LogP contribution in [0.25, 0.3) is 22.4 Å². The number of hydrogen-bond donors (Lipinski definition) is 0. The van der Waals surface area contributed by atoms with Crippen molar-refractivity contribution in [3.8, 4) is 11.5 Å². The Morgan fingerprint density at radius 3 is 2.53 bits per heavy atom. The normalized spacial score (nSPS) is 14.3. The molecule has 5 rings (SSSR count). The summed E-state index contributed by atoms with van der Waals surface area (Å²) in [7, 11) is 0. The molecule has 1 saturated heterocycles. The molecule has 5 heteroatoms. The van der Waals surface area contributed by atoms with Crippen molar-refractivity contribution in [3.63, 3.8) is 0 Å². The highest BCUT2D eigenvalue weighted by atomic mass is 16.3. The van der Waals surface area contributed by atoms with Gasteiger partial charge in [-0.15, -0.1) is 0 Å². The molecule has 2 aromatic carbocycles. The summed E-state index contributed by atoms with van der Waals surface area (Å²) >= 11 is 0. The Labute approximate surface area is 175 Å². The van der Waals surface area contributed by atoms with Gasteiger partial charge in [0, 0.05) is 37.3 Å². The number of amides is 1. The van der Waals surface area contributed by atoms with Gasteiger partial charge in [0.15, 0.2) is 5.76 Å². The first-order chi connectivity index (χ1) is 14.7. The van der Waals surface area contributed by atoms with Crippen LogP contribution in [0.2, 0.25) is 0 Å². The predicted molar refractivity (Wildman–Crippen MR) is 119 cm³/mol. The summed E-state index contributed by atoms with van der Waals surface area (Å²) < 4.78 is 5.53. The molecule has 1 fully saturated rings. The molecule has 0 radical (unpaired) electrons. The number of furan rings is 1. The Morgan fingerprint density at radius 2 is 1.77 bits per heavy atom. The van der Waals surface area contributed by atoms with E-state index in [2.05, 4.69) is 36.1 Å². The van der Waals surface area contributed by atoms with Crippen LogP contribution in [0.1, 0.15) is 15.9 Å². The topological polar surface area (TPSA) is 49.6 Å². The Hall–Kier alpha value is -3.60. The predicted octanol–water partition coefficient (Wildman–Crippen LogP) is 4.77. The van der Waals surface area contributed by atoms with Crippen molar-refractivity contribution in [3.05, 3.63) is 84.1 Å². The minimum absolute atomic E-state index is 0.0466. The summed E-state index contributed by atoms with van der Waals surface area (Å²) in [6.45, 7) is 5.14. The van der Waals surface area contributed by atoms with Gasteiger partial charge in [-0.1, -0.05) is 30.3 Å². The highest BCUT2D eigenvalue weighted by Gasteiger charge is 2.24. The molecule has 0 N–H and O–H groups in total. The minimum Gasteiger partial charge on any atom is -0.463 e. The van der Waals surface area contributed by atoms with Crippen molar-refractivity contribution < 1.29 is 9.21 Å². The number of hydrogen-bond acceptors (Lipinski definition) is 4. The Morgan fingerprint density at radius 1 is 0.933 bits per heavy atom. The maximum absolute atomic E-state index is 13.5. The highest BCUT2D eigenvalue weighted by molar-refractivity contribution is 6.07. The third-order valence-electron chi connectivity index (χ3n) is 5.65. The molecule has 1 aliphatic rings. The third-order valence-corrected chi connectivity index (χ3v) is 5.65. The molecule has 30 heavy (non-hydrogen) atoms. The van der Waals surface area contributed by atoms with Crippen molar-refractivity contribution in [2.75, 3.05) is 31.1 Å². The average molecular weight is 397 g/mol. The van der Waals surface area contributed by atoms with Gasteiger partial charge in [0.2, 0.25) is 0 Å². The number of fused-ring (bicyclic) bond motifs is 1. The van der Waals surface area contributed by atoms with Crippen LogP contribution in [0, 0.1) is 6.92 Å². The van der Waals surface area contributed by atoms with Crippen molar-refractivity contribution in [2.24, 2.45) is 0 Å². The van der Waals surface area contributed by atoms with Crippen LogP contribution in [-0.2, 0) is 0 Å². The molecule has 0 unspecified atom stereocenters. The molecule has 0 saturated carbocycles. The van der Waals surface area contributed by atoms with Crippen molar-refractivity contribution in [2.45, 2.75) is 6.92 Å². The number of rotatable bonds is 3. The Bertz CT molecular complexity index is 1190. The molecule has 150 valence electrons. The van der Waals surface area contributed by atoms with Crippen LogP contribution in [0.4, 0.5) is 5.69 Å². The summed E-state index contributed by atoms with van der Waals surface area (Å²) in [4.78, 5) is 22.5. The zero-order valence-corrected chi connectivity index (χ0v) is 16.9. The van der Waals surface area contributed by atoms with E-state index < -0.39 is 0 Å². The molecule has 1 amide bonds. The van der Waals surface area contributed by atoms with E-state index in [0.29, 0.717) is 30.1 Å². The number of carbonyl (C=O) groups excluding carboxylic acids is 1. The summed E-state index contributed by atoms with van der Waals surface area (Å²) in [5, 5.41) is 0.874. The van der Waals surface area contributed by atoms with E-state index in [-0.39, 0.29) is 5.91 Å². The van der Waals surface area contributed by atoms with E-state index in [9.17, 15) is 4.79 Å². The number of anilines is 1. The van der Waals surface area contributed by atoms with Crippen LogP contribution >= 0.6 is 0 Å². The van der Waals surface area contributed by atoms with E-state index in [4.69, 9.17) is 9.40 Å². The summed E-state index contributed by atoms with van der Waals surface area (Å²) in [5.41, 5.74) is 4.63. The number of piperazine rings is 1. The maximum Gasteiger partial charge on any atom is 0.254 e. The van der Waals surface area contributed by atoms with Gasteiger partial charge >= 0.3 is 0 Å². The lowest BCUT2D eigenvalue weighted by Gasteiger charge is -2.36. The lowest BCUT2D eigenvalue weighted by atomic mass is 10.0. The molecular weight excluding hydrogens is 374 g/mol. The van der Waals surface area contributed by atoms with Crippen LogP contribution in [0.15, 0.2) is 77.4 Å². The van der Waals surface area contributed by atoms with E-state index >= 15 is 0 Å². The van der Waals surface area contributed by atoms with Gasteiger partial charge in [-0.05, 0) is 48.9 Å². The van der Waals surface area contributed by atoms with E-state index in [1.165, 1.54) is 11.3 Å². The number of benzene rings is 2. The number of aryl methyl sites for hydroxylation is 1. The van der Waals surface area contributed by atoms with Gasteiger partial charge in [0.25, 0.3) is 5.91 Å². The smallest absolute Gasteiger partial charge is 0.254 e. The largest absolute Gasteiger partial charge is 0.463 e. The molecule has 2 aromatic heterocycles. The standard InChI is InChI=1S/C25H23N3O2/c1-18-6-4-7-19(16-18)27-11-13-28(14-12-27)25(29)21-17-23(24-10-5-15-30-24)26-22-9-3-2-8-20(21)22/h2-10,15-17H,11-14H2,1H3. The SMILES string of the molecule is Cc1cccc(N2CCN(C(=O)c3cc(-c4ccco4)nc4ccccc34)CC2)c1. The quantitative estimate of drug-likeness (QED) is 0.500. The molecule has 3 heterocycles. The Balaban J connectivity index is 1.42. The molecule has 1 aliphatic heterocycles. The summed E-state index contributed by atoms with van der Waals surface area (Å²) in [6.07, 6.45) is 1.62. The van der Waals surface area contributed by atoms with E-state index in [1.54, 1.807) is 6.26 Å². The molecule has 0 bridgehead atoms. The first-order valence-corrected chi connectivity index (χ1v) is 10.2. The average Bonchev–Trinajstić information content (AvgIpc) is 3.33. The van der Waals surface area contributed by atoms with Crippen LogP contribution in [0.3, 0.4) is 0 Å². The van der Waals surface area contributed by atoms with Gasteiger partial charge in [0.05, 0.1) is 17.3 Å². The van der Waals surface area contributed by atoms with Gasteiger partial charge < -0.3 is 14.2 Å². The summed E-state index contributed by atoms with van der Waals surface area (Å²) in [6, 6.07) is 21.9. The monoisotopic (exact) mass is 397 g/mol. The van der Waals surface area contributed by atoms with E-state index in [1.807, 2.05) is 47.4 Å². The third kappa shape index (κ3) is 3.43. The minimum atomic E-state index is 0.0466. The van der Waals surface area contributed by atoms with Gasteiger partial charge in [-0.3, -0.25) is 4.79 Å². The number of para-hydroxylation sites is 1. The van der Waals surface area contributed by atoms with Gasteiger partial charge in [-0.2, -0.15) is 0 Å². The maximum atomic E-state index is 13.5. The number of carbonyl (C=O) groups is 1. The number of pyridine rings is 1. The molecule has 0 spiro atoms. The number of nitrogens with zero attached hydrogens (tertiary/aromatic N) is 3. The molecular formula is C25H23N3O2. The summed E-state index contributed by atoms with van der Waals surface area (Å²) in [5.74, 6) is 0.712. The zero-order chi connectivity index (χ0) is 20.5. The van der Waals surface area contributed by atoms with Crippen LogP contribution in [0.5, 0.6) is 0 Å². The molecule has 0 aliphatic carbocycles. The lowest BCUT2D eigenvalue weighted by Crippen LogP contribution is -2.48. The van der Waals surface area contributed by atoms with Crippen LogP contribution in [-0.4, -0.2) is 42.0 Å². The number of aromatic nitrogens is 1. The first-order valence-electron chi connectivity index (χ1n) is 10.2. The fourth-order valence-corrected chi connectivity index (χ4v) is 4.07. The van der Waals surface area contributed by atoms with Crippen molar-refractivity contribution in [1.82, 2.24) is 9.88 Å². The fraction of sp³-hybridized carbons (Fsp3) is 0.200. The molecule has 0 atom stereocenters. The molecule has 5 nitrogen and oxygen atoms in total. The van der Waals surface area contributed by atoms with Crippen molar-refractivity contribution in [1.29, 1.82) is 0 Å². The lowest BCUT2D eigenvalue weighted by molar-refractivity contribution is 0.0748. The molecule has 4 aromatic rings. The first kappa shape index (κ1) is 18.4. The second-order valence-electron chi connectivity index (χ2n) is 7.67. The second-order valence-corrected chi connectivity index (χ2v) is 7.67.